The number of nitrogens with zero attached hydrogens (tertiary/aromatic N) is 1. The Bertz CT molecular complexity index is 407. The van der Waals surface area contributed by atoms with Crippen LogP contribution < -0.4 is 5.32 Å². The van der Waals surface area contributed by atoms with Crippen molar-refractivity contribution in [2.24, 2.45) is 0 Å². The van der Waals surface area contributed by atoms with E-state index in [4.69, 9.17) is 5.11 Å². The number of nitro groups is 1. The summed E-state index contributed by atoms with van der Waals surface area (Å²) < 4.78 is 0.745. The third kappa shape index (κ3) is 3.18. The predicted octanol–water partition coefficient (Wildman–Crippen LogP) is 2.54. The highest BCUT2D eigenvalue weighted by Gasteiger charge is 2.21. The van der Waals surface area contributed by atoms with E-state index in [0.29, 0.717) is 5.69 Å². The Labute approximate surface area is 102 Å². The van der Waals surface area contributed by atoms with Gasteiger partial charge in [-0.3, -0.25) is 10.1 Å². The molecule has 0 saturated heterocycles. The summed E-state index contributed by atoms with van der Waals surface area (Å²) in [6, 6.07) is 4.64. The summed E-state index contributed by atoms with van der Waals surface area (Å²) in [4.78, 5) is 10.3. The molecule has 0 unspecified atom stereocenters. The topological polar surface area (TPSA) is 75.4 Å². The molecular weight excluding hydrogens is 276 g/mol. The molecule has 0 radical (unpaired) electrons. The lowest BCUT2D eigenvalue weighted by atomic mass is 10.1. The number of nitro benzene ring substituents is 1. The van der Waals surface area contributed by atoms with Crippen LogP contribution in [0.4, 0.5) is 11.4 Å². The van der Waals surface area contributed by atoms with Crippen LogP contribution in [0.2, 0.25) is 0 Å². The van der Waals surface area contributed by atoms with E-state index in [1.165, 1.54) is 6.07 Å². The summed E-state index contributed by atoms with van der Waals surface area (Å²) in [7, 11) is 0. The second kappa shape index (κ2) is 4.80. The van der Waals surface area contributed by atoms with Crippen LogP contribution in [-0.2, 0) is 0 Å². The van der Waals surface area contributed by atoms with Gasteiger partial charge in [-0.25, -0.2) is 0 Å². The third-order valence-electron chi connectivity index (χ3n) is 2.02. The fraction of sp³-hybridized carbons (Fsp3) is 0.400. The number of hydrogen-bond acceptors (Lipinski definition) is 4. The number of nitrogens with one attached hydrogen (secondary N) is 1. The van der Waals surface area contributed by atoms with Crippen molar-refractivity contribution < 1.29 is 10.0 Å². The molecular formula is C10H13BrN2O3. The number of halogens is 1. The molecule has 0 bridgehead atoms. The maximum Gasteiger partial charge on any atom is 0.292 e. The van der Waals surface area contributed by atoms with Crippen molar-refractivity contribution in [3.05, 3.63) is 32.8 Å². The second-order valence-corrected chi connectivity index (χ2v) is 5.00. The molecule has 0 aliphatic heterocycles. The highest BCUT2D eigenvalue weighted by molar-refractivity contribution is 9.10. The van der Waals surface area contributed by atoms with Crippen molar-refractivity contribution in [1.82, 2.24) is 0 Å². The van der Waals surface area contributed by atoms with E-state index in [2.05, 4.69) is 21.2 Å². The fourth-order valence-electron chi connectivity index (χ4n) is 1.17. The van der Waals surface area contributed by atoms with E-state index in [1.54, 1.807) is 26.0 Å². The first-order valence-corrected chi connectivity index (χ1v) is 5.48. The Balaban J connectivity index is 3.10. The minimum atomic E-state index is -0.606. The summed E-state index contributed by atoms with van der Waals surface area (Å²) in [6.07, 6.45) is 0. The molecule has 5 nitrogen and oxygen atoms in total. The zero-order valence-electron chi connectivity index (χ0n) is 9.03. The van der Waals surface area contributed by atoms with Gasteiger partial charge in [0, 0.05) is 10.5 Å². The van der Waals surface area contributed by atoms with Crippen molar-refractivity contribution in [2.45, 2.75) is 19.4 Å². The lowest BCUT2D eigenvalue weighted by Crippen LogP contribution is -2.35. The predicted molar refractivity (Wildman–Crippen MR) is 65.6 cm³/mol. The third-order valence-corrected chi connectivity index (χ3v) is 2.52. The highest BCUT2D eigenvalue weighted by Crippen LogP contribution is 2.29. The van der Waals surface area contributed by atoms with E-state index in [-0.39, 0.29) is 12.3 Å². The largest absolute Gasteiger partial charge is 0.394 e. The van der Waals surface area contributed by atoms with E-state index in [9.17, 15) is 10.1 Å². The first-order valence-electron chi connectivity index (χ1n) is 4.69. The van der Waals surface area contributed by atoms with Crippen LogP contribution in [0.1, 0.15) is 13.8 Å². The van der Waals surface area contributed by atoms with Gasteiger partial charge in [0.05, 0.1) is 17.1 Å². The molecule has 16 heavy (non-hydrogen) atoms. The molecule has 1 aromatic carbocycles. The maximum absolute atomic E-state index is 10.8. The van der Waals surface area contributed by atoms with Crippen LogP contribution in [0.15, 0.2) is 22.7 Å². The molecule has 2 N–H and O–H groups in total. The normalized spacial score (nSPS) is 11.2. The van der Waals surface area contributed by atoms with Crippen molar-refractivity contribution >= 4 is 27.3 Å². The molecule has 0 aliphatic carbocycles. The quantitative estimate of drug-likeness (QED) is 0.659. The Hall–Kier alpha value is -1.14. The summed E-state index contributed by atoms with van der Waals surface area (Å²) in [5.41, 5.74) is -0.228. The maximum atomic E-state index is 10.8. The Morgan fingerprint density at radius 2 is 2.19 bits per heavy atom. The van der Waals surface area contributed by atoms with Crippen molar-refractivity contribution in [1.29, 1.82) is 0 Å². The number of rotatable bonds is 4. The van der Waals surface area contributed by atoms with Gasteiger partial charge in [-0.1, -0.05) is 15.9 Å². The molecule has 6 heteroatoms. The average Bonchev–Trinajstić information content (AvgIpc) is 2.16. The molecule has 1 rings (SSSR count). The molecule has 0 spiro atoms. The Kier molecular flexibility index (Phi) is 3.88. The van der Waals surface area contributed by atoms with Crippen molar-refractivity contribution in [3.63, 3.8) is 0 Å². The van der Waals surface area contributed by atoms with Gasteiger partial charge >= 0.3 is 0 Å². The van der Waals surface area contributed by atoms with Crippen LogP contribution in [0, 0.1) is 10.1 Å². The van der Waals surface area contributed by atoms with E-state index < -0.39 is 10.5 Å². The molecule has 0 aliphatic rings. The van der Waals surface area contributed by atoms with Crippen LogP contribution in [0.5, 0.6) is 0 Å². The van der Waals surface area contributed by atoms with Crippen molar-refractivity contribution in [2.75, 3.05) is 11.9 Å². The molecule has 0 atom stereocenters. The monoisotopic (exact) mass is 288 g/mol. The van der Waals surface area contributed by atoms with Crippen LogP contribution in [0.25, 0.3) is 0 Å². The zero-order valence-corrected chi connectivity index (χ0v) is 10.6. The Morgan fingerprint density at radius 1 is 1.56 bits per heavy atom. The van der Waals surface area contributed by atoms with Gasteiger partial charge in [0.25, 0.3) is 5.69 Å². The van der Waals surface area contributed by atoms with Crippen LogP contribution >= 0.6 is 15.9 Å². The molecule has 0 saturated carbocycles. The minimum Gasteiger partial charge on any atom is -0.394 e. The van der Waals surface area contributed by atoms with Crippen LogP contribution in [0.3, 0.4) is 0 Å². The van der Waals surface area contributed by atoms with Gasteiger partial charge in [0.15, 0.2) is 0 Å². The van der Waals surface area contributed by atoms with E-state index in [0.717, 1.165) is 4.47 Å². The second-order valence-electron chi connectivity index (χ2n) is 4.09. The molecule has 88 valence electrons. The number of benzene rings is 1. The molecule has 1 aromatic rings. The zero-order chi connectivity index (χ0) is 12.3. The van der Waals surface area contributed by atoms with E-state index in [1.807, 2.05) is 0 Å². The van der Waals surface area contributed by atoms with Gasteiger partial charge in [-0.15, -0.1) is 0 Å². The first-order chi connectivity index (χ1) is 7.35. The average molecular weight is 289 g/mol. The highest BCUT2D eigenvalue weighted by atomic mass is 79.9. The smallest absolute Gasteiger partial charge is 0.292 e. The van der Waals surface area contributed by atoms with Crippen molar-refractivity contribution in [3.8, 4) is 0 Å². The van der Waals surface area contributed by atoms with Gasteiger partial charge in [-0.05, 0) is 26.0 Å². The molecule has 0 amide bonds. The van der Waals surface area contributed by atoms with Gasteiger partial charge in [0.2, 0.25) is 0 Å². The minimum absolute atomic E-state index is 0.00951. The van der Waals surface area contributed by atoms with Crippen LogP contribution in [-0.4, -0.2) is 22.2 Å². The lowest BCUT2D eigenvalue weighted by Gasteiger charge is -2.24. The number of hydrogen-bond donors (Lipinski definition) is 2. The van der Waals surface area contributed by atoms with Gasteiger partial charge in [-0.2, -0.15) is 0 Å². The summed E-state index contributed by atoms with van der Waals surface area (Å²) >= 11 is 3.25. The number of anilines is 1. The molecule has 0 aromatic heterocycles. The summed E-state index contributed by atoms with van der Waals surface area (Å²) in [5.74, 6) is 0. The summed E-state index contributed by atoms with van der Waals surface area (Å²) in [5, 5.41) is 22.8. The van der Waals surface area contributed by atoms with Gasteiger partial charge in [0.1, 0.15) is 5.69 Å². The SMILES string of the molecule is CC(C)(CO)Nc1cc(Br)ccc1[N+](=O)[O-]. The summed E-state index contributed by atoms with van der Waals surface area (Å²) in [6.45, 7) is 3.41. The molecule has 0 heterocycles. The Morgan fingerprint density at radius 3 is 2.69 bits per heavy atom. The fourth-order valence-corrected chi connectivity index (χ4v) is 1.53. The standard InChI is InChI=1S/C10H13BrN2O3/c1-10(2,6-14)12-8-5-7(11)3-4-9(8)13(15)16/h3-5,12,14H,6H2,1-2H3. The number of aliphatic hydroxyl groups excluding tert-OH is 1. The first kappa shape index (κ1) is 12.9. The van der Waals surface area contributed by atoms with E-state index >= 15 is 0 Å². The molecule has 0 fully saturated rings. The lowest BCUT2D eigenvalue weighted by molar-refractivity contribution is -0.384. The number of aliphatic hydroxyl groups is 1. The van der Waals surface area contributed by atoms with Gasteiger partial charge < -0.3 is 10.4 Å².